The normalized spacial score (nSPS) is 26.8. The molecule has 1 aliphatic carbocycles. The maximum atomic E-state index is 13.1. The summed E-state index contributed by atoms with van der Waals surface area (Å²) in [4.78, 5) is 19.6. The lowest BCUT2D eigenvalue weighted by molar-refractivity contribution is 0.0652. The van der Waals surface area contributed by atoms with Crippen molar-refractivity contribution in [3.8, 4) is 0 Å². The summed E-state index contributed by atoms with van der Waals surface area (Å²) < 4.78 is 5.85. The van der Waals surface area contributed by atoms with Gasteiger partial charge in [-0.2, -0.15) is 0 Å². The zero-order chi connectivity index (χ0) is 16.8. The van der Waals surface area contributed by atoms with Gasteiger partial charge in [0.2, 0.25) is 5.76 Å². The average Bonchev–Trinajstić information content (AvgIpc) is 3.29. The highest BCUT2D eigenvalue weighted by atomic mass is 16.4. The first-order valence-electron chi connectivity index (χ1n) is 8.91. The zero-order valence-corrected chi connectivity index (χ0v) is 14.5. The van der Waals surface area contributed by atoms with Crippen molar-refractivity contribution in [2.45, 2.75) is 64.0 Å². The lowest BCUT2D eigenvalue weighted by Gasteiger charge is -2.27. The molecule has 0 radical (unpaired) electrons. The number of carbonyl (C=O) groups excluding carboxylic acids is 1. The van der Waals surface area contributed by atoms with Gasteiger partial charge < -0.3 is 9.32 Å². The molecule has 3 atom stereocenters. The SMILES string of the molecule is Cc1nc(C2CC2)oc1C(=O)N1[C@H](C)C[C@H](c2ccccc2)[C@@H]1C. The summed E-state index contributed by atoms with van der Waals surface area (Å²) in [5.41, 5.74) is 2.03. The third-order valence-corrected chi connectivity index (χ3v) is 5.49. The maximum Gasteiger partial charge on any atom is 0.292 e. The lowest BCUT2D eigenvalue weighted by atomic mass is 9.92. The lowest BCUT2D eigenvalue weighted by Crippen LogP contribution is -2.39. The molecule has 1 amide bonds. The van der Waals surface area contributed by atoms with E-state index in [1.54, 1.807) is 0 Å². The van der Waals surface area contributed by atoms with Crippen molar-refractivity contribution in [2.24, 2.45) is 0 Å². The van der Waals surface area contributed by atoms with E-state index in [9.17, 15) is 4.79 Å². The Bertz CT molecular complexity index is 748. The number of nitrogens with zero attached hydrogens (tertiary/aromatic N) is 2. The van der Waals surface area contributed by atoms with Gasteiger partial charge >= 0.3 is 0 Å². The predicted molar refractivity (Wildman–Crippen MR) is 92.1 cm³/mol. The molecular formula is C20H24N2O2. The van der Waals surface area contributed by atoms with Crippen LogP contribution in [0.25, 0.3) is 0 Å². The van der Waals surface area contributed by atoms with Gasteiger partial charge in [-0.15, -0.1) is 0 Å². The molecule has 1 saturated heterocycles. The van der Waals surface area contributed by atoms with Crippen molar-refractivity contribution in [3.63, 3.8) is 0 Å². The minimum atomic E-state index is -0.00895. The molecule has 2 fully saturated rings. The van der Waals surface area contributed by atoms with Crippen LogP contribution in [0.3, 0.4) is 0 Å². The van der Waals surface area contributed by atoms with Gasteiger partial charge in [-0.25, -0.2) is 4.98 Å². The first-order chi connectivity index (χ1) is 11.6. The van der Waals surface area contributed by atoms with E-state index in [1.807, 2.05) is 17.9 Å². The van der Waals surface area contributed by atoms with E-state index in [0.717, 1.165) is 30.8 Å². The summed E-state index contributed by atoms with van der Waals surface area (Å²) in [6.45, 7) is 6.15. The van der Waals surface area contributed by atoms with Crippen molar-refractivity contribution in [1.29, 1.82) is 0 Å². The number of oxazole rings is 1. The second kappa shape index (κ2) is 5.76. The molecule has 2 aromatic rings. The molecule has 4 nitrogen and oxygen atoms in total. The van der Waals surface area contributed by atoms with Gasteiger partial charge in [-0.1, -0.05) is 30.3 Å². The Balaban J connectivity index is 1.60. The summed E-state index contributed by atoms with van der Waals surface area (Å²) in [6, 6.07) is 10.8. The smallest absolute Gasteiger partial charge is 0.292 e. The van der Waals surface area contributed by atoms with Crippen LogP contribution < -0.4 is 0 Å². The van der Waals surface area contributed by atoms with Gasteiger partial charge in [0.05, 0.1) is 5.69 Å². The topological polar surface area (TPSA) is 46.3 Å². The number of hydrogen-bond donors (Lipinski definition) is 0. The molecule has 1 aromatic carbocycles. The molecule has 0 unspecified atom stereocenters. The quantitative estimate of drug-likeness (QED) is 0.847. The van der Waals surface area contributed by atoms with Crippen LogP contribution in [0.1, 0.15) is 72.6 Å². The number of amides is 1. The summed E-state index contributed by atoms with van der Waals surface area (Å²) in [6.07, 6.45) is 3.24. The van der Waals surface area contributed by atoms with Gasteiger partial charge in [0.15, 0.2) is 5.89 Å². The molecule has 126 valence electrons. The first kappa shape index (κ1) is 15.4. The third kappa shape index (κ3) is 2.54. The standard InChI is InChI=1S/C20H24N2O2/c1-12-11-17(15-7-5-4-6-8-15)14(3)22(12)20(23)18-13(2)21-19(24-18)16-9-10-16/h4-8,12,14,16-17H,9-11H2,1-3H3/t12-,14+,17+/m1/s1. The molecule has 0 N–H and O–H groups in total. The molecule has 4 rings (SSSR count). The number of aryl methyl sites for hydroxylation is 1. The van der Waals surface area contributed by atoms with E-state index in [2.05, 4.69) is 43.1 Å². The Kier molecular flexibility index (Phi) is 3.70. The number of hydrogen-bond acceptors (Lipinski definition) is 3. The van der Waals surface area contributed by atoms with Crippen LogP contribution in [0.4, 0.5) is 0 Å². The van der Waals surface area contributed by atoms with Crippen LogP contribution in [0.5, 0.6) is 0 Å². The Morgan fingerprint density at radius 3 is 2.58 bits per heavy atom. The van der Waals surface area contributed by atoms with E-state index < -0.39 is 0 Å². The number of carbonyl (C=O) groups is 1. The molecule has 1 aromatic heterocycles. The fourth-order valence-corrected chi connectivity index (χ4v) is 4.01. The molecule has 2 heterocycles. The largest absolute Gasteiger partial charge is 0.435 e. The van der Waals surface area contributed by atoms with E-state index in [-0.39, 0.29) is 18.0 Å². The average molecular weight is 324 g/mol. The molecule has 0 bridgehead atoms. The third-order valence-electron chi connectivity index (χ3n) is 5.49. The highest BCUT2D eigenvalue weighted by Gasteiger charge is 2.42. The Hall–Kier alpha value is -2.10. The fraction of sp³-hybridized carbons (Fsp3) is 0.500. The minimum Gasteiger partial charge on any atom is -0.435 e. The molecule has 2 aliphatic rings. The second-order valence-electron chi connectivity index (χ2n) is 7.30. The molecule has 24 heavy (non-hydrogen) atoms. The first-order valence-corrected chi connectivity index (χ1v) is 8.91. The fourth-order valence-electron chi connectivity index (χ4n) is 4.01. The Morgan fingerprint density at radius 1 is 1.21 bits per heavy atom. The summed E-state index contributed by atoms with van der Waals surface area (Å²) in [5, 5.41) is 0. The molecular weight excluding hydrogens is 300 g/mol. The van der Waals surface area contributed by atoms with Crippen molar-refractivity contribution in [1.82, 2.24) is 9.88 Å². The van der Waals surface area contributed by atoms with E-state index >= 15 is 0 Å². The highest BCUT2D eigenvalue weighted by molar-refractivity contribution is 5.93. The monoisotopic (exact) mass is 324 g/mol. The zero-order valence-electron chi connectivity index (χ0n) is 14.5. The summed E-state index contributed by atoms with van der Waals surface area (Å²) in [7, 11) is 0. The van der Waals surface area contributed by atoms with Crippen molar-refractivity contribution in [3.05, 3.63) is 53.2 Å². The highest BCUT2D eigenvalue weighted by Crippen LogP contribution is 2.41. The van der Waals surface area contributed by atoms with Crippen LogP contribution >= 0.6 is 0 Å². The van der Waals surface area contributed by atoms with E-state index in [0.29, 0.717) is 17.6 Å². The van der Waals surface area contributed by atoms with Crippen molar-refractivity contribution < 1.29 is 9.21 Å². The van der Waals surface area contributed by atoms with Crippen LogP contribution in [-0.2, 0) is 0 Å². The van der Waals surface area contributed by atoms with Gasteiger partial charge in [-0.3, -0.25) is 4.79 Å². The summed E-state index contributed by atoms with van der Waals surface area (Å²) >= 11 is 0. The molecule has 1 aliphatic heterocycles. The van der Waals surface area contributed by atoms with Gasteiger partial charge in [0.1, 0.15) is 0 Å². The Labute approximate surface area is 142 Å². The second-order valence-corrected chi connectivity index (χ2v) is 7.30. The van der Waals surface area contributed by atoms with Crippen LogP contribution in [0.15, 0.2) is 34.7 Å². The molecule has 0 spiro atoms. The number of rotatable bonds is 3. The molecule has 4 heteroatoms. The Morgan fingerprint density at radius 2 is 1.92 bits per heavy atom. The van der Waals surface area contributed by atoms with Crippen LogP contribution in [-0.4, -0.2) is 27.9 Å². The molecule has 1 saturated carbocycles. The van der Waals surface area contributed by atoms with Crippen LogP contribution in [0, 0.1) is 6.92 Å². The number of benzene rings is 1. The van der Waals surface area contributed by atoms with Crippen LogP contribution in [0.2, 0.25) is 0 Å². The summed E-state index contributed by atoms with van der Waals surface area (Å²) in [5.74, 6) is 1.97. The van der Waals surface area contributed by atoms with Gasteiger partial charge in [-0.05, 0) is 45.6 Å². The predicted octanol–water partition coefficient (Wildman–Crippen LogP) is 4.27. The van der Waals surface area contributed by atoms with E-state index in [1.165, 1.54) is 5.56 Å². The minimum absolute atomic E-state index is 0.00895. The van der Waals surface area contributed by atoms with Gasteiger partial charge in [0.25, 0.3) is 5.91 Å². The maximum absolute atomic E-state index is 13.1. The van der Waals surface area contributed by atoms with Crippen molar-refractivity contribution >= 4 is 5.91 Å². The van der Waals surface area contributed by atoms with Gasteiger partial charge in [0, 0.05) is 23.9 Å². The van der Waals surface area contributed by atoms with E-state index in [4.69, 9.17) is 4.42 Å². The number of aromatic nitrogens is 1. The van der Waals surface area contributed by atoms with Crippen molar-refractivity contribution in [2.75, 3.05) is 0 Å². The number of likely N-dealkylation sites (tertiary alicyclic amines) is 1.